The van der Waals surface area contributed by atoms with Crippen LogP contribution in [-0.2, 0) is 26.1 Å². The van der Waals surface area contributed by atoms with E-state index in [0.29, 0.717) is 6.54 Å². The summed E-state index contributed by atoms with van der Waals surface area (Å²) in [6.45, 7) is 5.28. The fourth-order valence-corrected chi connectivity index (χ4v) is 3.81. The molecule has 0 amide bonds. The number of aromatic nitrogens is 2. The molecule has 1 aliphatic heterocycles. The van der Waals surface area contributed by atoms with Crippen LogP contribution in [0.15, 0.2) is 61.2 Å². The van der Waals surface area contributed by atoms with Crippen molar-refractivity contribution in [1.82, 2.24) is 14.5 Å². The maximum absolute atomic E-state index is 14.2. The van der Waals surface area contributed by atoms with Crippen LogP contribution in [0.3, 0.4) is 0 Å². The first-order valence-electron chi connectivity index (χ1n) is 9.87. The SMILES string of the molecule is C[C@H]1Cc2cc(CN(CCCn3ccnc3)Cc3ccccc3F)ccc2O1. The van der Waals surface area contributed by atoms with Crippen molar-refractivity contribution in [2.75, 3.05) is 6.54 Å². The molecule has 0 spiro atoms. The molecule has 28 heavy (non-hydrogen) atoms. The van der Waals surface area contributed by atoms with Crippen LogP contribution in [-0.4, -0.2) is 27.1 Å². The molecule has 4 rings (SSSR count). The third kappa shape index (κ3) is 4.60. The zero-order chi connectivity index (χ0) is 19.3. The van der Waals surface area contributed by atoms with E-state index in [1.807, 2.05) is 24.7 Å². The second-order valence-electron chi connectivity index (χ2n) is 7.53. The fraction of sp³-hybridized carbons (Fsp3) is 0.348. The van der Waals surface area contributed by atoms with E-state index in [2.05, 4.69) is 39.6 Å². The summed E-state index contributed by atoms with van der Waals surface area (Å²) in [5, 5.41) is 0. The number of fused-ring (bicyclic) bond motifs is 1. The van der Waals surface area contributed by atoms with Crippen LogP contribution in [0.5, 0.6) is 5.75 Å². The minimum absolute atomic E-state index is 0.140. The van der Waals surface area contributed by atoms with Crippen LogP contribution < -0.4 is 4.74 Å². The second-order valence-corrected chi connectivity index (χ2v) is 7.53. The highest BCUT2D eigenvalue weighted by atomic mass is 19.1. The number of benzene rings is 2. The first-order chi connectivity index (χ1) is 13.7. The zero-order valence-corrected chi connectivity index (χ0v) is 16.2. The van der Waals surface area contributed by atoms with E-state index in [1.165, 1.54) is 17.2 Å². The molecule has 0 unspecified atom stereocenters. The second kappa shape index (κ2) is 8.57. The molecule has 0 radical (unpaired) electrons. The summed E-state index contributed by atoms with van der Waals surface area (Å²) in [6, 6.07) is 13.5. The first kappa shape index (κ1) is 18.7. The molecule has 0 fully saturated rings. The van der Waals surface area contributed by atoms with Crippen LogP contribution in [0.2, 0.25) is 0 Å². The van der Waals surface area contributed by atoms with Crippen LogP contribution in [0, 0.1) is 5.82 Å². The molecule has 0 bridgehead atoms. The topological polar surface area (TPSA) is 30.3 Å². The largest absolute Gasteiger partial charge is 0.490 e. The van der Waals surface area contributed by atoms with Gasteiger partial charge in [0.2, 0.25) is 0 Å². The molecule has 0 saturated heterocycles. The molecule has 0 N–H and O–H groups in total. The van der Waals surface area contributed by atoms with Gasteiger partial charge >= 0.3 is 0 Å². The quantitative estimate of drug-likeness (QED) is 0.580. The average Bonchev–Trinajstić information content (AvgIpc) is 3.31. The van der Waals surface area contributed by atoms with E-state index in [4.69, 9.17) is 4.74 Å². The van der Waals surface area contributed by atoms with Gasteiger partial charge in [0.1, 0.15) is 17.7 Å². The van der Waals surface area contributed by atoms with E-state index in [1.54, 1.807) is 12.3 Å². The molecule has 2 heterocycles. The molecule has 146 valence electrons. The van der Waals surface area contributed by atoms with E-state index >= 15 is 0 Å². The molecule has 1 aliphatic rings. The number of rotatable bonds is 8. The van der Waals surface area contributed by atoms with Crippen molar-refractivity contribution in [3.63, 3.8) is 0 Å². The maximum Gasteiger partial charge on any atom is 0.127 e. The highest BCUT2D eigenvalue weighted by Gasteiger charge is 2.19. The Hall–Kier alpha value is -2.66. The van der Waals surface area contributed by atoms with Gasteiger partial charge in [0.25, 0.3) is 0 Å². The van der Waals surface area contributed by atoms with E-state index in [0.717, 1.165) is 43.8 Å². The smallest absolute Gasteiger partial charge is 0.127 e. The molecule has 4 nitrogen and oxygen atoms in total. The minimum Gasteiger partial charge on any atom is -0.490 e. The van der Waals surface area contributed by atoms with Gasteiger partial charge < -0.3 is 9.30 Å². The highest BCUT2D eigenvalue weighted by Crippen LogP contribution is 2.30. The zero-order valence-electron chi connectivity index (χ0n) is 16.2. The standard InChI is InChI=1S/C23H26FN3O/c1-18-13-21-14-19(7-8-23(21)28-18)15-27(11-4-10-26-12-9-25-17-26)16-20-5-2-3-6-22(20)24/h2-3,5-9,12,14,17-18H,4,10-11,13,15-16H2,1H3/t18-/m0/s1. The van der Waals surface area contributed by atoms with Crippen LogP contribution in [0.25, 0.3) is 0 Å². The highest BCUT2D eigenvalue weighted by molar-refractivity contribution is 5.40. The summed E-state index contributed by atoms with van der Waals surface area (Å²) in [5.74, 6) is 0.857. The first-order valence-corrected chi connectivity index (χ1v) is 9.87. The molecular formula is C23H26FN3O. The van der Waals surface area contributed by atoms with Gasteiger partial charge in [-0.1, -0.05) is 30.3 Å². The summed E-state index contributed by atoms with van der Waals surface area (Å²) in [6.07, 6.45) is 7.79. The summed E-state index contributed by atoms with van der Waals surface area (Å²) in [5.41, 5.74) is 3.26. The summed E-state index contributed by atoms with van der Waals surface area (Å²) >= 11 is 0. The molecule has 1 aromatic heterocycles. The van der Waals surface area contributed by atoms with Gasteiger partial charge in [-0.25, -0.2) is 9.37 Å². The molecule has 5 heteroatoms. The maximum atomic E-state index is 14.2. The molecule has 3 aromatic rings. The van der Waals surface area contributed by atoms with Crippen molar-refractivity contribution in [3.05, 3.63) is 83.7 Å². The van der Waals surface area contributed by atoms with Gasteiger partial charge in [0, 0.05) is 50.6 Å². The lowest BCUT2D eigenvalue weighted by molar-refractivity contribution is 0.245. The van der Waals surface area contributed by atoms with E-state index in [9.17, 15) is 4.39 Å². The summed E-state index contributed by atoms with van der Waals surface area (Å²) < 4.78 is 22.1. The molecular weight excluding hydrogens is 353 g/mol. The van der Waals surface area contributed by atoms with Crippen LogP contribution in [0.4, 0.5) is 4.39 Å². The van der Waals surface area contributed by atoms with E-state index in [-0.39, 0.29) is 11.9 Å². The number of hydrogen-bond acceptors (Lipinski definition) is 3. The van der Waals surface area contributed by atoms with Crippen molar-refractivity contribution < 1.29 is 9.13 Å². The number of ether oxygens (including phenoxy) is 1. The van der Waals surface area contributed by atoms with Gasteiger partial charge in [-0.3, -0.25) is 4.90 Å². The van der Waals surface area contributed by atoms with E-state index < -0.39 is 0 Å². The van der Waals surface area contributed by atoms with Crippen LogP contribution >= 0.6 is 0 Å². The molecule has 0 saturated carbocycles. The van der Waals surface area contributed by atoms with Crippen molar-refractivity contribution in [3.8, 4) is 5.75 Å². The summed E-state index contributed by atoms with van der Waals surface area (Å²) in [4.78, 5) is 6.41. The molecule has 1 atom stereocenters. The van der Waals surface area contributed by atoms with Gasteiger partial charge in [-0.05, 0) is 36.6 Å². The monoisotopic (exact) mass is 379 g/mol. The Kier molecular flexibility index (Phi) is 5.72. The van der Waals surface area contributed by atoms with Crippen molar-refractivity contribution in [2.45, 2.75) is 45.5 Å². The Morgan fingerprint density at radius 2 is 2.11 bits per heavy atom. The molecule has 0 aliphatic carbocycles. The normalized spacial score (nSPS) is 15.6. The Bertz CT molecular complexity index is 910. The van der Waals surface area contributed by atoms with Crippen LogP contribution in [0.1, 0.15) is 30.0 Å². The number of aryl methyl sites for hydroxylation is 1. The Morgan fingerprint density at radius 1 is 1.21 bits per heavy atom. The van der Waals surface area contributed by atoms with Crippen molar-refractivity contribution >= 4 is 0 Å². The van der Waals surface area contributed by atoms with Gasteiger partial charge in [-0.15, -0.1) is 0 Å². The lowest BCUT2D eigenvalue weighted by atomic mass is 10.1. The number of halogens is 1. The predicted octanol–water partition coefficient (Wildman–Crippen LogP) is 4.44. The Balaban J connectivity index is 1.45. The van der Waals surface area contributed by atoms with Gasteiger partial charge in [-0.2, -0.15) is 0 Å². The predicted molar refractivity (Wildman–Crippen MR) is 108 cm³/mol. The lowest BCUT2D eigenvalue weighted by Gasteiger charge is -2.23. The Labute approximate surface area is 165 Å². The third-order valence-corrected chi connectivity index (χ3v) is 5.17. The molecule has 2 aromatic carbocycles. The number of nitrogens with zero attached hydrogens (tertiary/aromatic N) is 3. The van der Waals surface area contributed by atoms with Gasteiger partial charge in [0.15, 0.2) is 0 Å². The minimum atomic E-state index is -0.140. The van der Waals surface area contributed by atoms with Gasteiger partial charge in [0.05, 0.1) is 6.33 Å². The summed E-state index contributed by atoms with van der Waals surface area (Å²) in [7, 11) is 0. The van der Waals surface area contributed by atoms with Crippen molar-refractivity contribution in [2.24, 2.45) is 0 Å². The Morgan fingerprint density at radius 3 is 2.93 bits per heavy atom. The van der Waals surface area contributed by atoms with Crippen molar-refractivity contribution in [1.29, 1.82) is 0 Å². The number of hydrogen-bond donors (Lipinski definition) is 0. The average molecular weight is 379 g/mol. The lowest BCUT2D eigenvalue weighted by Crippen LogP contribution is -2.25. The fourth-order valence-electron chi connectivity index (χ4n) is 3.81. The number of imidazole rings is 1. The third-order valence-electron chi connectivity index (χ3n) is 5.17.